The van der Waals surface area contributed by atoms with Crippen molar-refractivity contribution < 1.29 is 19.0 Å². The lowest BCUT2D eigenvalue weighted by atomic mass is 10.1. The number of rotatable bonds is 9. The van der Waals surface area contributed by atoms with Gasteiger partial charge in [0.2, 0.25) is 5.88 Å². The summed E-state index contributed by atoms with van der Waals surface area (Å²) in [6.07, 6.45) is 0. The highest BCUT2D eigenvalue weighted by Crippen LogP contribution is 2.23. The standard InChI is InChI=1S/C24H25N5O4/c1-16-11-17(2)13-20(12-16)33-15-22(30)25-9-10-32-23-8-7-21-26-27-24(29(21)28-23)18-5-4-6-19(14-18)31-3/h4-8,11-14H,9-10,15H2,1-3H3,(H,25,30). The molecule has 2 aromatic heterocycles. The van der Waals surface area contributed by atoms with E-state index in [1.54, 1.807) is 23.8 Å². The summed E-state index contributed by atoms with van der Waals surface area (Å²) in [5.41, 5.74) is 3.59. The second-order valence-corrected chi connectivity index (χ2v) is 7.51. The van der Waals surface area contributed by atoms with Gasteiger partial charge in [-0.3, -0.25) is 4.79 Å². The van der Waals surface area contributed by atoms with Crippen LogP contribution in [0, 0.1) is 13.8 Å². The van der Waals surface area contributed by atoms with Gasteiger partial charge in [-0.25, -0.2) is 0 Å². The monoisotopic (exact) mass is 447 g/mol. The molecule has 2 aromatic carbocycles. The average molecular weight is 447 g/mol. The molecule has 1 amide bonds. The molecule has 4 rings (SSSR count). The molecule has 0 aliphatic rings. The molecule has 33 heavy (non-hydrogen) atoms. The molecule has 0 aliphatic heterocycles. The van der Waals surface area contributed by atoms with E-state index in [9.17, 15) is 4.79 Å². The number of hydrogen-bond acceptors (Lipinski definition) is 7. The summed E-state index contributed by atoms with van der Waals surface area (Å²) in [5, 5.41) is 15.6. The lowest BCUT2D eigenvalue weighted by Crippen LogP contribution is -2.32. The van der Waals surface area contributed by atoms with E-state index >= 15 is 0 Å². The number of hydrogen-bond donors (Lipinski definition) is 1. The fraction of sp³-hybridized carbons (Fsp3) is 0.250. The van der Waals surface area contributed by atoms with E-state index in [0.29, 0.717) is 35.4 Å². The Labute approximate surface area is 191 Å². The Bertz CT molecular complexity index is 1250. The molecule has 0 saturated carbocycles. The van der Waals surface area contributed by atoms with Gasteiger partial charge >= 0.3 is 0 Å². The largest absolute Gasteiger partial charge is 0.497 e. The van der Waals surface area contributed by atoms with Gasteiger partial charge in [-0.1, -0.05) is 18.2 Å². The van der Waals surface area contributed by atoms with Crippen molar-refractivity contribution in [3.05, 3.63) is 65.7 Å². The number of benzene rings is 2. The van der Waals surface area contributed by atoms with E-state index < -0.39 is 0 Å². The number of aromatic nitrogens is 4. The number of aryl methyl sites for hydroxylation is 2. The van der Waals surface area contributed by atoms with Gasteiger partial charge in [0.25, 0.3) is 5.91 Å². The number of nitrogens with zero attached hydrogens (tertiary/aromatic N) is 4. The summed E-state index contributed by atoms with van der Waals surface area (Å²) in [5.74, 6) is 2.14. The molecule has 9 nitrogen and oxygen atoms in total. The fourth-order valence-corrected chi connectivity index (χ4v) is 3.35. The van der Waals surface area contributed by atoms with Gasteiger partial charge in [0.1, 0.15) is 18.1 Å². The molecule has 0 atom stereocenters. The van der Waals surface area contributed by atoms with Crippen molar-refractivity contribution in [1.29, 1.82) is 0 Å². The molecule has 4 aromatic rings. The quantitative estimate of drug-likeness (QED) is 0.394. The van der Waals surface area contributed by atoms with Gasteiger partial charge in [-0.15, -0.1) is 15.3 Å². The molecule has 1 N–H and O–H groups in total. The number of methoxy groups -OCH3 is 1. The lowest BCUT2D eigenvalue weighted by molar-refractivity contribution is -0.123. The minimum absolute atomic E-state index is 0.0578. The molecule has 0 unspecified atom stereocenters. The molecule has 0 fully saturated rings. The van der Waals surface area contributed by atoms with E-state index in [4.69, 9.17) is 14.2 Å². The average Bonchev–Trinajstić information content (AvgIpc) is 3.23. The maximum absolute atomic E-state index is 12.1. The van der Waals surface area contributed by atoms with Crippen LogP contribution in [-0.2, 0) is 4.79 Å². The lowest BCUT2D eigenvalue weighted by Gasteiger charge is -2.10. The number of ether oxygens (including phenoxy) is 3. The molecule has 0 saturated heterocycles. The first-order valence-corrected chi connectivity index (χ1v) is 10.5. The molecule has 0 aliphatic carbocycles. The van der Waals surface area contributed by atoms with E-state index in [-0.39, 0.29) is 19.1 Å². The normalized spacial score (nSPS) is 10.8. The summed E-state index contributed by atoms with van der Waals surface area (Å²) in [4.78, 5) is 12.1. The van der Waals surface area contributed by atoms with Crippen LogP contribution in [0.5, 0.6) is 17.4 Å². The first-order valence-electron chi connectivity index (χ1n) is 10.5. The van der Waals surface area contributed by atoms with Crippen LogP contribution in [0.3, 0.4) is 0 Å². The van der Waals surface area contributed by atoms with Crippen molar-refractivity contribution in [2.24, 2.45) is 0 Å². The van der Waals surface area contributed by atoms with Crippen LogP contribution in [0.4, 0.5) is 0 Å². The number of amides is 1. The predicted molar refractivity (Wildman–Crippen MR) is 123 cm³/mol. The summed E-state index contributed by atoms with van der Waals surface area (Å²) < 4.78 is 18.2. The smallest absolute Gasteiger partial charge is 0.258 e. The van der Waals surface area contributed by atoms with E-state index in [1.807, 2.05) is 50.2 Å². The fourth-order valence-electron chi connectivity index (χ4n) is 3.35. The minimum Gasteiger partial charge on any atom is -0.497 e. The van der Waals surface area contributed by atoms with Gasteiger partial charge < -0.3 is 19.5 Å². The van der Waals surface area contributed by atoms with Crippen LogP contribution in [0.15, 0.2) is 54.6 Å². The SMILES string of the molecule is COc1cccc(-c2nnc3ccc(OCCNC(=O)COc4cc(C)cc(C)c4)nn23)c1. The van der Waals surface area contributed by atoms with Gasteiger partial charge in [-0.05, 0) is 55.3 Å². The second-order valence-electron chi connectivity index (χ2n) is 7.51. The zero-order chi connectivity index (χ0) is 23.2. The van der Waals surface area contributed by atoms with Crippen LogP contribution >= 0.6 is 0 Å². The molecular weight excluding hydrogens is 422 g/mol. The zero-order valence-corrected chi connectivity index (χ0v) is 18.7. The van der Waals surface area contributed by atoms with E-state index in [2.05, 4.69) is 26.7 Å². The Balaban J connectivity index is 1.30. The molecule has 170 valence electrons. The van der Waals surface area contributed by atoms with E-state index in [1.165, 1.54) is 0 Å². The first-order chi connectivity index (χ1) is 16.0. The van der Waals surface area contributed by atoms with Crippen molar-refractivity contribution in [1.82, 2.24) is 25.1 Å². The van der Waals surface area contributed by atoms with Crippen LogP contribution in [0.1, 0.15) is 11.1 Å². The molecule has 0 spiro atoms. The van der Waals surface area contributed by atoms with Crippen molar-refractivity contribution >= 4 is 11.6 Å². The predicted octanol–water partition coefficient (Wildman–Crippen LogP) is 2.99. The first kappa shape index (κ1) is 22.1. The molecule has 0 radical (unpaired) electrons. The van der Waals surface area contributed by atoms with Crippen molar-refractivity contribution in [2.75, 3.05) is 26.9 Å². The third kappa shape index (κ3) is 5.57. The number of nitrogens with one attached hydrogen (secondary N) is 1. The second kappa shape index (κ2) is 9.99. The molecule has 2 heterocycles. The van der Waals surface area contributed by atoms with Crippen LogP contribution < -0.4 is 19.5 Å². The topological polar surface area (TPSA) is 99.9 Å². The molecule has 9 heteroatoms. The van der Waals surface area contributed by atoms with Gasteiger partial charge in [-0.2, -0.15) is 4.52 Å². The van der Waals surface area contributed by atoms with Gasteiger partial charge in [0, 0.05) is 11.6 Å². The molecule has 0 bridgehead atoms. The Hall–Kier alpha value is -4.14. The Morgan fingerprint density at radius 1 is 0.970 bits per heavy atom. The summed E-state index contributed by atoms with van der Waals surface area (Å²) >= 11 is 0. The van der Waals surface area contributed by atoms with E-state index in [0.717, 1.165) is 16.7 Å². The van der Waals surface area contributed by atoms with Crippen molar-refractivity contribution in [2.45, 2.75) is 13.8 Å². The number of fused-ring (bicyclic) bond motifs is 1. The van der Waals surface area contributed by atoms with Gasteiger partial charge in [0.05, 0.1) is 13.7 Å². The van der Waals surface area contributed by atoms with Crippen molar-refractivity contribution in [3.8, 4) is 28.8 Å². The number of carbonyl (C=O) groups excluding carboxylic acids is 1. The van der Waals surface area contributed by atoms with Gasteiger partial charge in [0.15, 0.2) is 18.1 Å². The third-order valence-electron chi connectivity index (χ3n) is 4.81. The van der Waals surface area contributed by atoms with Crippen molar-refractivity contribution in [3.63, 3.8) is 0 Å². The van der Waals surface area contributed by atoms with Crippen LogP contribution in [0.2, 0.25) is 0 Å². The minimum atomic E-state index is -0.222. The zero-order valence-electron chi connectivity index (χ0n) is 18.7. The van der Waals surface area contributed by atoms with Crippen LogP contribution in [-0.4, -0.2) is 52.6 Å². The summed E-state index contributed by atoms with van der Waals surface area (Å²) in [6.45, 7) is 4.49. The highest BCUT2D eigenvalue weighted by molar-refractivity contribution is 5.77. The maximum atomic E-state index is 12.1. The summed E-state index contributed by atoms with van der Waals surface area (Å²) in [7, 11) is 1.61. The Morgan fingerprint density at radius 3 is 2.58 bits per heavy atom. The summed E-state index contributed by atoms with van der Waals surface area (Å²) in [6, 6.07) is 16.8. The number of carbonyl (C=O) groups is 1. The Kier molecular flexibility index (Phi) is 6.68. The highest BCUT2D eigenvalue weighted by Gasteiger charge is 2.11. The Morgan fingerprint density at radius 2 is 1.79 bits per heavy atom. The highest BCUT2D eigenvalue weighted by atomic mass is 16.5. The third-order valence-corrected chi connectivity index (χ3v) is 4.81. The van der Waals surface area contributed by atoms with Crippen LogP contribution in [0.25, 0.3) is 17.0 Å². The maximum Gasteiger partial charge on any atom is 0.258 e. The molecular formula is C24H25N5O4.